The number of nitrogens with zero attached hydrogens (tertiary/aromatic N) is 1. The van der Waals surface area contributed by atoms with Crippen molar-refractivity contribution in [2.75, 3.05) is 25.1 Å². The monoisotopic (exact) mass is 272 g/mol. The van der Waals surface area contributed by atoms with Crippen molar-refractivity contribution in [3.05, 3.63) is 34.9 Å². The fourth-order valence-electron chi connectivity index (χ4n) is 2.21. The van der Waals surface area contributed by atoms with E-state index in [0.717, 1.165) is 18.1 Å². The topological polar surface area (TPSA) is 29.3 Å². The fourth-order valence-corrected chi connectivity index (χ4v) is 3.50. The van der Waals surface area contributed by atoms with Gasteiger partial charge in [-0.1, -0.05) is 12.1 Å². The molecule has 2 unspecified atom stereocenters. The second-order valence-electron chi connectivity index (χ2n) is 4.75. The van der Waals surface area contributed by atoms with Gasteiger partial charge in [-0.2, -0.15) is 11.8 Å². The highest BCUT2D eigenvalue weighted by molar-refractivity contribution is 7.99. The molecule has 1 aliphatic rings. The van der Waals surface area contributed by atoms with Crippen molar-refractivity contribution in [2.45, 2.75) is 19.0 Å². The molecule has 5 heteroatoms. The number of hydrogen-bond acceptors (Lipinski definition) is 3. The molecule has 1 heterocycles. The van der Waals surface area contributed by atoms with Crippen molar-refractivity contribution in [3.63, 3.8) is 0 Å². The number of nitrogens with two attached hydrogens (primary N) is 1. The molecule has 2 nitrogen and oxygen atoms in total. The number of benzene rings is 1. The van der Waals surface area contributed by atoms with Gasteiger partial charge in [-0.05, 0) is 19.5 Å². The lowest BCUT2D eigenvalue weighted by Gasteiger charge is -2.36. The Morgan fingerprint density at radius 3 is 2.78 bits per heavy atom. The number of hydrogen-bond donors (Lipinski definition) is 1. The van der Waals surface area contributed by atoms with Crippen LogP contribution >= 0.6 is 11.8 Å². The lowest BCUT2D eigenvalue weighted by molar-refractivity contribution is 0.234. The third-order valence-electron chi connectivity index (χ3n) is 3.52. The number of aryl methyl sites for hydroxylation is 1. The quantitative estimate of drug-likeness (QED) is 0.896. The standard InChI is InChI=1S/C13H18F2N2S/c1-8-3-4-9(12(15)11(8)14)13(16)10-7-18-6-5-17(10)2/h3-4,10,13H,5-7,16H2,1-2H3. The first-order valence-corrected chi connectivity index (χ1v) is 7.16. The van der Waals surface area contributed by atoms with Crippen LogP contribution in [0.25, 0.3) is 0 Å². The van der Waals surface area contributed by atoms with Gasteiger partial charge in [-0.25, -0.2) is 8.78 Å². The van der Waals surface area contributed by atoms with E-state index in [4.69, 9.17) is 5.73 Å². The Hall–Kier alpha value is -0.650. The van der Waals surface area contributed by atoms with Crippen LogP contribution in [0.3, 0.4) is 0 Å². The lowest BCUT2D eigenvalue weighted by atomic mass is 9.98. The van der Waals surface area contributed by atoms with Gasteiger partial charge in [-0.15, -0.1) is 0 Å². The molecule has 1 aromatic carbocycles. The van der Waals surface area contributed by atoms with Crippen LogP contribution in [0.15, 0.2) is 12.1 Å². The summed E-state index contributed by atoms with van der Waals surface area (Å²) in [5.74, 6) is 0.331. The van der Waals surface area contributed by atoms with Gasteiger partial charge in [0.1, 0.15) is 0 Å². The van der Waals surface area contributed by atoms with Crippen LogP contribution in [0.5, 0.6) is 0 Å². The SMILES string of the molecule is Cc1ccc(C(N)C2CSCCN2C)c(F)c1F. The van der Waals surface area contributed by atoms with E-state index in [1.54, 1.807) is 30.8 Å². The minimum absolute atomic E-state index is 0.0559. The Kier molecular flexibility index (Phi) is 4.25. The Bertz CT molecular complexity index is 439. The van der Waals surface area contributed by atoms with E-state index in [1.807, 2.05) is 7.05 Å². The van der Waals surface area contributed by atoms with Crippen molar-refractivity contribution in [3.8, 4) is 0 Å². The Morgan fingerprint density at radius 2 is 2.11 bits per heavy atom. The molecular weight excluding hydrogens is 254 g/mol. The summed E-state index contributed by atoms with van der Waals surface area (Å²) in [6, 6.07) is 2.76. The van der Waals surface area contributed by atoms with Gasteiger partial charge in [0.2, 0.25) is 0 Å². The average Bonchev–Trinajstić information content (AvgIpc) is 2.36. The number of thioether (sulfide) groups is 1. The zero-order valence-corrected chi connectivity index (χ0v) is 11.4. The van der Waals surface area contributed by atoms with Crippen molar-refractivity contribution in [1.29, 1.82) is 0 Å². The summed E-state index contributed by atoms with van der Waals surface area (Å²) in [5, 5.41) is 0. The number of likely N-dealkylation sites (N-methyl/N-ethyl adjacent to an activating group) is 1. The first-order chi connectivity index (χ1) is 8.52. The molecule has 18 heavy (non-hydrogen) atoms. The van der Waals surface area contributed by atoms with Crippen LogP contribution in [0.2, 0.25) is 0 Å². The summed E-state index contributed by atoms with van der Waals surface area (Å²) in [6.45, 7) is 2.48. The minimum atomic E-state index is -0.800. The van der Waals surface area contributed by atoms with Crippen LogP contribution in [0.1, 0.15) is 17.2 Å². The maximum atomic E-state index is 13.9. The smallest absolute Gasteiger partial charge is 0.163 e. The summed E-state index contributed by atoms with van der Waals surface area (Å²) >= 11 is 1.81. The molecule has 0 amide bonds. The van der Waals surface area contributed by atoms with Gasteiger partial charge in [-0.3, -0.25) is 4.90 Å². The molecule has 0 spiro atoms. The predicted molar refractivity (Wildman–Crippen MR) is 71.8 cm³/mol. The van der Waals surface area contributed by atoms with E-state index in [0.29, 0.717) is 5.56 Å². The lowest BCUT2D eigenvalue weighted by Crippen LogP contribution is -2.46. The Morgan fingerprint density at radius 1 is 1.39 bits per heavy atom. The highest BCUT2D eigenvalue weighted by atomic mass is 32.2. The van der Waals surface area contributed by atoms with E-state index < -0.39 is 17.7 Å². The summed E-state index contributed by atoms with van der Waals surface area (Å²) < 4.78 is 27.5. The van der Waals surface area contributed by atoms with Crippen molar-refractivity contribution >= 4 is 11.8 Å². The van der Waals surface area contributed by atoms with Crippen molar-refractivity contribution in [2.24, 2.45) is 5.73 Å². The van der Waals surface area contributed by atoms with Crippen molar-refractivity contribution in [1.82, 2.24) is 4.90 Å². The normalized spacial score (nSPS) is 23.1. The molecule has 2 atom stereocenters. The third kappa shape index (κ3) is 2.53. The van der Waals surface area contributed by atoms with Gasteiger partial charge < -0.3 is 5.73 Å². The van der Waals surface area contributed by atoms with Crippen molar-refractivity contribution < 1.29 is 8.78 Å². The Balaban J connectivity index is 2.28. The van der Waals surface area contributed by atoms with Crippen LogP contribution < -0.4 is 5.73 Å². The second-order valence-corrected chi connectivity index (χ2v) is 5.90. The molecule has 2 N–H and O–H groups in total. The van der Waals surface area contributed by atoms with Gasteiger partial charge in [0.05, 0.1) is 0 Å². The second kappa shape index (κ2) is 5.55. The molecular formula is C13H18F2N2S. The highest BCUT2D eigenvalue weighted by Crippen LogP contribution is 2.28. The van der Waals surface area contributed by atoms with E-state index in [-0.39, 0.29) is 11.6 Å². The largest absolute Gasteiger partial charge is 0.323 e. The fraction of sp³-hybridized carbons (Fsp3) is 0.538. The summed E-state index contributed by atoms with van der Waals surface area (Å²) in [7, 11) is 1.98. The van der Waals surface area contributed by atoms with E-state index in [2.05, 4.69) is 4.90 Å². The van der Waals surface area contributed by atoms with E-state index >= 15 is 0 Å². The first-order valence-electron chi connectivity index (χ1n) is 6.00. The summed E-state index contributed by atoms with van der Waals surface area (Å²) in [4.78, 5) is 2.12. The van der Waals surface area contributed by atoms with Gasteiger partial charge in [0, 0.05) is 35.7 Å². The summed E-state index contributed by atoms with van der Waals surface area (Å²) in [6.07, 6.45) is 0. The third-order valence-corrected chi connectivity index (χ3v) is 4.57. The number of rotatable bonds is 2. The van der Waals surface area contributed by atoms with Gasteiger partial charge in [0.15, 0.2) is 11.6 Å². The maximum absolute atomic E-state index is 13.9. The summed E-state index contributed by atoms with van der Waals surface area (Å²) in [5.41, 5.74) is 6.71. The average molecular weight is 272 g/mol. The van der Waals surface area contributed by atoms with Gasteiger partial charge >= 0.3 is 0 Å². The molecule has 2 rings (SSSR count). The molecule has 0 radical (unpaired) electrons. The molecule has 1 fully saturated rings. The number of halogens is 2. The molecule has 0 bridgehead atoms. The van der Waals surface area contributed by atoms with E-state index in [1.165, 1.54) is 0 Å². The first kappa shape index (κ1) is 13.8. The molecule has 1 aromatic rings. The molecule has 0 aliphatic carbocycles. The van der Waals surface area contributed by atoms with E-state index in [9.17, 15) is 8.78 Å². The zero-order valence-electron chi connectivity index (χ0n) is 10.6. The highest BCUT2D eigenvalue weighted by Gasteiger charge is 2.29. The molecule has 100 valence electrons. The Labute approximate surface area is 111 Å². The predicted octanol–water partition coefficient (Wildman–Crippen LogP) is 2.32. The van der Waals surface area contributed by atoms with Crippen LogP contribution in [0.4, 0.5) is 8.78 Å². The molecule has 0 saturated carbocycles. The molecule has 0 aromatic heterocycles. The maximum Gasteiger partial charge on any atom is 0.163 e. The van der Waals surface area contributed by atoms with Gasteiger partial charge in [0.25, 0.3) is 0 Å². The van der Waals surface area contributed by atoms with Crippen LogP contribution in [-0.4, -0.2) is 36.0 Å². The minimum Gasteiger partial charge on any atom is -0.323 e. The van der Waals surface area contributed by atoms with Crippen LogP contribution in [-0.2, 0) is 0 Å². The molecule has 1 aliphatic heterocycles. The zero-order chi connectivity index (χ0) is 13.3. The van der Waals surface area contributed by atoms with Crippen LogP contribution in [0, 0.1) is 18.6 Å². The molecule has 1 saturated heterocycles.